The second-order valence-electron chi connectivity index (χ2n) is 23.2. The van der Waals surface area contributed by atoms with E-state index in [2.05, 4.69) is 67.8 Å². The Bertz CT molecular complexity index is 1770. The number of aliphatic hydroxyl groups excluding tert-OH is 11. The maximum atomic E-state index is 13.4. The molecule has 0 aromatic rings. The van der Waals surface area contributed by atoms with Gasteiger partial charge >= 0.3 is 0 Å². The van der Waals surface area contributed by atoms with Crippen LogP contribution in [0.5, 0.6) is 0 Å². The lowest BCUT2D eigenvalue weighted by molar-refractivity contribution is -0.379. The van der Waals surface area contributed by atoms with E-state index in [4.69, 9.17) is 28.4 Å². The lowest BCUT2D eigenvalue weighted by Crippen LogP contribution is -2.66. The molecule has 17 unspecified atom stereocenters. The summed E-state index contributed by atoms with van der Waals surface area (Å²) in [4.78, 5) is 13.4. The van der Waals surface area contributed by atoms with E-state index in [0.29, 0.717) is 6.42 Å². The Kier molecular flexibility index (Phi) is 42.8. The first-order valence-corrected chi connectivity index (χ1v) is 32.5. The first-order valence-electron chi connectivity index (χ1n) is 32.5. The molecule has 3 heterocycles. The van der Waals surface area contributed by atoms with Crippen molar-refractivity contribution >= 4 is 5.91 Å². The third kappa shape index (κ3) is 30.1. The zero-order valence-corrected chi connectivity index (χ0v) is 51.1. The Hall–Kier alpha value is -2.51. The fourth-order valence-electron chi connectivity index (χ4n) is 10.8. The molecule has 0 spiro atoms. The topological polar surface area (TPSA) is 307 Å². The van der Waals surface area contributed by atoms with E-state index in [1.807, 2.05) is 6.08 Å². The standard InChI is InChI=1S/C65H115NO18/c1-3-5-7-9-11-13-15-17-19-21-23-25-26-28-30-32-34-36-38-40-42-49(70)48(66-53(71)43-41-39-37-35-33-31-29-27-24-22-20-18-16-14-12-10-8-6-4-2)47-79-63-59(77)56(74)61(51(45-68)81-63)84-65-60(78)57(75)62(52(46-69)82-65)83-64-58(76)55(73)54(72)50(44-67)80-64/h6,8,12,14,18,20,24,27,40,42,48-52,54-65,67-70,72-78H,3-5,7,9-11,13,15-17,19,21-23,25-26,28-39,41,43-47H2,1-2H3,(H,66,71)/b8-6-,14-12-,20-18-,27-24-,42-40+. The lowest BCUT2D eigenvalue weighted by atomic mass is 9.96. The van der Waals surface area contributed by atoms with E-state index in [1.54, 1.807) is 6.08 Å². The van der Waals surface area contributed by atoms with Gasteiger partial charge in [-0.05, 0) is 57.8 Å². The number of allylic oxidation sites excluding steroid dienone is 9. The molecule has 3 aliphatic heterocycles. The number of aliphatic hydroxyl groups is 11. The minimum Gasteiger partial charge on any atom is -0.394 e. The van der Waals surface area contributed by atoms with Crippen molar-refractivity contribution in [1.82, 2.24) is 5.32 Å². The number of hydrogen-bond acceptors (Lipinski definition) is 18. The number of unbranched alkanes of at least 4 members (excludes halogenated alkanes) is 24. The van der Waals surface area contributed by atoms with E-state index >= 15 is 0 Å². The van der Waals surface area contributed by atoms with Crippen molar-refractivity contribution in [2.24, 2.45) is 0 Å². The first kappa shape index (κ1) is 75.7. The molecule has 1 amide bonds. The maximum absolute atomic E-state index is 13.4. The predicted molar refractivity (Wildman–Crippen MR) is 323 cm³/mol. The molecular weight excluding hydrogens is 1080 g/mol. The molecular formula is C65H115NO18. The van der Waals surface area contributed by atoms with Gasteiger partial charge in [0.25, 0.3) is 0 Å². The van der Waals surface area contributed by atoms with Gasteiger partial charge in [-0.2, -0.15) is 0 Å². The maximum Gasteiger partial charge on any atom is 0.220 e. The second kappa shape index (κ2) is 47.5. The fourth-order valence-corrected chi connectivity index (χ4v) is 10.8. The van der Waals surface area contributed by atoms with Gasteiger partial charge < -0.3 is 89.9 Å². The van der Waals surface area contributed by atoms with Gasteiger partial charge in [0.05, 0.1) is 38.6 Å². The summed E-state index contributed by atoms with van der Waals surface area (Å²) >= 11 is 0. The number of ether oxygens (including phenoxy) is 6. The summed E-state index contributed by atoms with van der Waals surface area (Å²) in [5.74, 6) is -0.291. The van der Waals surface area contributed by atoms with Crippen molar-refractivity contribution in [3.63, 3.8) is 0 Å². The van der Waals surface area contributed by atoms with E-state index in [0.717, 1.165) is 89.9 Å². The van der Waals surface area contributed by atoms with Gasteiger partial charge in [0.2, 0.25) is 5.91 Å². The molecule has 0 radical (unpaired) electrons. The number of amides is 1. The Balaban J connectivity index is 1.48. The van der Waals surface area contributed by atoms with Crippen molar-refractivity contribution in [2.45, 2.75) is 317 Å². The zero-order valence-electron chi connectivity index (χ0n) is 51.1. The van der Waals surface area contributed by atoms with Gasteiger partial charge in [0.1, 0.15) is 73.2 Å². The molecule has 0 aromatic carbocycles. The van der Waals surface area contributed by atoms with Crippen LogP contribution in [-0.4, -0.2) is 193 Å². The molecule has 488 valence electrons. The highest BCUT2D eigenvalue weighted by atomic mass is 16.8. The SMILES string of the molecule is CC/C=C\C/C=C\C/C=C\C/C=C\CCCCCCCCC(=O)NC(COC1OC(CO)C(OC2OC(CO)C(OC3OC(CO)C(O)C(O)C3O)C(O)C2O)C(O)C1O)C(O)/C=C/CCCCCCCCCCCCCCCCCCCC. The molecule has 3 aliphatic rings. The van der Waals surface area contributed by atoms with Gasteiger partial charge in [-0.25, -0.2) is 0 Å². The van der Waals surface area contributed by atoms with Crippen LogP contribution in [0, 0.1) is 0 Å². The highest BCUT2D eigenvalue weighted by molar-refractivity contribution is 5.76. The molecule has 0 bridgehead atoms. The summed E-state index contributed by atoms with van der Waals surface area (Å²) in [6.07, 6.45) is 29.0. The second-order valence-corrected chi connectivity index (χ2v) is 23.2. The van der Waals surface area contributed by atoms with E-state index < -0.39 is 124 Å². The van der Waals surface area contributed by atoms with Gasteiger partial charge in [-0.15, -0.1) is 0 Å². The van der Waals surface area contributed by atoms with Crippen LogP contribution >= 0.6 is 0 Å². The predicted octanol–water partition coefficient (Wildman–Crippen LogP) is 7.21. The van der Waals surface area contributed by atoms with E-state index in [1.165, 1.54) is 96.3 Å². The average Bonchev–Trinajstić information content (AvgIpc) is 2.79. The summed E-state index contributed by atoms with van der Waals surface area (Å²) < 4.78 is 34.3. The summed E-state index contributed by atoms with van der Waals surface area (Å²) in [5.41, 5.74) is 0. The molecule has 0 aliphatic carbocycles. The number of nitrogens with one attached hydrogen (secondary N) is 1. The first-order chi connectivity index (χ1) is 40.8. The third-order valence-corrected chi connectivity index (χ3v) is 16.1. The highest BCUT2D eigenvalue weighted by Crippen LogP contribution is 2.33. The van der Waals surface area contributed by atoms with Gasteiger partial charge in [0, 0.05) is 6.42 Å². The van der Waals surface area contributed by atoms with Crippen LogP contribution in [0.15, 0.2) is 60.8 Å². The van der Waals surface area contributed by atoms with Crippen molar-refractivity contribution in [3.05, 3.63) is 60.8 Å². The third-order valence-electron chi connectivity index (χ3n) is 16.1. The highest BCUT2D eigenvalue weighted by Gasteiger charge is 2.53. The lowest BCUT2D eigenvalue weighted by Gasteiger charge is -2.48. The summed E-state index contributed by atoms with van der Waals surface area (Å²) in [5, 5.41) is 120. The summed E-state index contributed by atoms with van der Waals surface area (Å²) in [7, 11) is 0. The smallest absolute Gasteiger partial charge is 0.220 e. The van der Waals surface area contributed by atoms with Crippen LogP contribution < -0.4 is 5.32 Å². The normalized spacial score (nSPS) is 29.6. The van der Waals surface area contributed by atoms with E-state index in [-0.39, 0.29) is 18.9 Å². The number of hydrogen-bond donors (Lipinski definition) is 12. The molecule has 3 saturated heterocycles. The summed E-state index contributed by atoms with van der Waals surface area (Å²) in [6.45, 7) is 1.61. The minimum absolute atomic E-state index is 0.225. The Labute approximate surface area is 503 Å². The molecule has 3 fully saturated rings. The molecule has 0 aromatic heterocycles. The van der Waals surface area contributed by atoms with Crippen molar-refractivity contribution in [2.75, 3.05) is 26.4 Å². The largest absolute Gasteiger partial charge is 0.394 e. The van der Waals surface area contributed by atoms with Crippen molar-refractivity contribution in [3.8, 4) is 0 Å². The molecule has 17 atom stereocenters. The van der Waals surface area contributed by atoms with Gasteiger partial charge in [-0.3, -0.25) is 4.79 Å². The Morgan fingerprint density at radius 3 is 1.29 bits per heavy atom. The molecule has 19 heteroatoms. The Morgan fingerprint density at radius 2 is 0.821 bits per heavy atom. The van der Waals surface area contributed by atoms with Gasteiger partial charge in [0.15, 0.2) is 18.9 Å². The molecule has 0 saturated carbocycles. The number of rotatable bonds is 48. The van der Waals surface area contributed by atoms with Crippen molar-refractivity contribution in [1.29, 1.82) is 0 Å². The van der Waals surface area contributed by atoms with Crippen LogP contribution in [0.4, 0.5) is 0 Å². The van der Waals surface area contributed by atoms with E-state index in [9.17, 15) is 61.0 Å². The Morgan fingerprint density at radius 1 is 0.440 bits per heavy atom. The fraction of sp³-hybridized carbons (Fsp3) is 0.831. The van der Waals surface area contributed by atoms with Crippen LogP contribution in [0.2, 0.25) is 0 Å². The molecule has 3 rings (SSSR count). The number of carbonyl (C=O) groups is 1. The summed E-state index contributed by atoms with van der Waals surface area (Å²) in [6, 6.07) is -0.984. The molecule has 84 heavy (non-hydrogen) atoms. The number of carbonyl (C=O) groups excluding carboxylic acids is 1. The average molecular weight is 1200 g/mol. The van der Waals surface area contributed by atoms with Crippen molar-refractivity contribution < 1.29 is 89.4 Å². The quantitative estimate of drug-likeness (QED) is 0.0211. The molecule has 19 nitrogen and oxygen atoms in total. The monoisotopic (exact) mass is 1200 g/mol. The van der Waals surface area contributed by atoms with Crippen LogP contribution in [0.3, 0.4) is 0 Å². The molecule has 12 N–H and O–H groups in total. The van der Waals surface area contributed by atoms with Crippen LogP contribution in [0.25, 0.3) is 0 Å². The van der Waals surface area contributed by atoms with Gasteiger partial charge in [-0.1, -0.05) is 209 Å². The minimum atomic E-state index is -1.98. The van der Waals surface area contributed by atoms with Crippen LogP contribution in [-0.2, 0) is 33.2 Å². The zero-order chi connectivity index (χ0) is 61.2. The van der Waals surface area contributed by atoms with Crippen LogP contribution in [0.1, 0.15) is 213 Å².